The fraction of sp³-hybridized carbons (Fsp3) is 0.231. The van der Waals surface area contributed by atoms with Crippen LogP contribution in [0.25, 0.3) is 11.0 Å². The lowest BCUT2D eigenvalue weighted by Gasteiger charge is -2.05. The third-order valence-electron chi connectivity index (χ3n) is 2.95. The molecule has 7 heteroatoms. The summed E-state index contributed by atoms with van der Waals surface area (Å²) in [5.41, 5.74) is 2.29. The van der Waals surface area contributed by atoms with E-state index in [4.69, 9.17) is 23.2 Å². The van der Waals surface area contributed by atoms with Gasteiger partial charge in [0.25, 0.3) is 0 Å². The zero-order chi connectivity index (χ0) is 14.3. The van der Waals surface area contributed by atoms with E-state index in [1.165, 1.54) is 6.07 Å². The number of rotatable bonds is 3. The van der Waals surface area contributed by atoms with E-state index >= 15 is 0 Å². The summed E-state index contributed by atoms with van der Waals surface area (Å²) in [4.78, 5) is 8.77. The lowest BCUT2D eigenvalue weighted by Crippen LogP contribution is -2.03. The smallest absolute Gasteiger partial charge is 0.144 e. The van der Waals surface area contributed by atoms with Gasteiger partial charge in [0, 0.05) is 17.1 Å². The van der Waals surface area contributed by atoms with Gasteiger partial charge in [0.1, 0.15) is 16.6 Å². The van der Waals surface area contributed by atoms with Gasteiger partial charge in [0.05, 0.1) is 28.5 Å². The van der Waals surface area contributed by atoms with Crippen LogP contribution in [-0.2, 0) is 12.4 Å². The largest absolute Gasteiger partial charge is 0.320 e. The van der Waals surface area contributed by atoms with Crippen molar-refractivity contribution in [2.45, 2.75) is 19.3 Å². The Bertz CT molecular complexity index is 781. The van der Waals surface area contributed by atoms with Gasteiger partial charge in [-0.3, -0.25) is 0 Å². The Morgan fingerprint density at radius 1 is 1.35 bits per heavy atom. The first-order valence-corrected chi connectivity index (χ1v) is 7.69. The number of hydrogen-bond acceptors (Lipinski definition) is 3. The third-order valence-corrected chi connectivity index (χ3v) is 4.43. The highest BCUT2D eigenvalue weighted by atomic mass is 35.5. The fourth-order valence-electron chi connectivity index (χ4n) is 2.06. The number of thiazole rings is 1. The van der Waals surface area contributed by atoms with Crippen molar-refractivity contribution in [3.05, 3.63) is 44.9 Å². The van der Waals surface area contributed by atoms with Crippen molar-refractivity contribution < 1.29 is 4.39 Å². The Balaban J connectivity index is 2.14. The predicted molar refractivity (Wildman–Crippen MR) is 80.2 cm³/mol. The number of imidazole rings is 1. The lowest BCUT2D eigenvalue weighted by molar-refractivity contribution is 0.629. The second-order valence-electron chi connectivity index (χ2n) is 4.39. The topological polar surface area (TPSA) is 30.7 Å². The number of halogens is 3. The fourth-order valence-corrected chi connectivity index (χ4v) is 3.18. The van der Waals surface area contributed by atoms with Crippen LogP contribution in [0.1, 0.15) is 16.5 Å². The van der Waals surface area contributed by atoms with Crippen LogP contribution >= 0.6 is 34.5 Å². The molecule has 0 saturated heterocycles. The zero-order valence-electron chi connectivity index (χ0n) is 10.5. The first-order valence-electron chi connectivity index (χ1n) is 5.89. The van der Waals surface area contributed by atoms with Crippen LogP contribution in [0.3, 0.4) is 0 Å². The van der Waals surface area contributed by atoms with Crippen molar-refractivity contribution in [2.24, 2.45) is 0 Å². The summed E-state index contributed by atoms with van der Waals surface area (Å²) < 4.78 is 15.4. The Morgan fingerprint density at radius 2 is 2.15 bits per heavy atom. The molecule has 3 rings (SSSR count). The number of nitrogens with zero attached hydrogens (tertiary/aromatic N) is 3. The van der Waals surface area contributed by atoms with Crippen molar-refractivity contribution in [2.75, 3.05) is 0 Å². The molecule has 0 aliphatic heterocycles. The van der Waals surface area contributed by atoms with Crippen LogP contribution in [0.4, 0.5) is 4.39 Å². The van der Waals surface area contributed by atoms with Crippen molar-refractivity contribution in [1.29, 1.82) is 0 Å². The molecular weight excluding hydrogens is 320 g/mol. The lowest BCUT2D eigenvalue weighted by atomic mass is 10.3. The highest BCUT2D eigenvalue weighted by molar-refractivity contribution is 7.09. The molecule has 0 N–H and O–H groups in total. The molecule has 1 aromatic carbocycles. The highest BCUT2D eigenvalue weighted by Crippen LogP contribution is 2.25. The minimum Gasteiger partial charge on any atom is -0.320 e. The monoisotopic (exact) mass is 329 g/mol. The maximum absolute atomic E-state index is 13.5. The molecule has 0 fully saturated rings. The van der Waals surface area contributed by atoms with Gasteiger partial charge in [-0.15, -0.1) is 22.9 Å². The van der Waals surface area contributed by atoms with Crippen LogP contribution < -0.4 is 0 Å². The van der Waals surface area contributed by atoms with Gasteiger partial charge in [0.2, 0.25) is 0 Å². The van der Waals surface area contributed by atoms with E-state index in [1.807, 2.05) is 16.9 Å². The number of alkyl halides is 1. The van der Waals surface area contributed by atoms with Crippen LogP contribution in [0.15, 0.2) is 17.5 Å². The maximum Gasteiger partial charge on any atom is 0.144 e. The average Bonchev–Trinajstić information content (AvgIpc) is 2.96. The average molecular weight is 330 g/mol. The molecule has 0 bridgehead atoms. The second-order valence-corrected chi connectivity index (χ2v) is 6.00. The first kappa shape index (κ1) is 13.8. The second kappa shape index (κ2) is 5.31. The number of benzene rings is 1. The number of fused-ring (bicyclic) bond motifs is 1. The van der Waals surface area contributed by atoms with E-state index in [9.17, 15) is 4.39 Å². The molecule has 20 heavy (non-hydrogen) atoms. The normalized spacial score (nSPS) is 11.4. The van der Waals surface area contributed by atoms with Gasteiger partial charge in [-0.25, -0.2) is 14.4 Å². The highest BCUT2D eigenvalue weighted by Gasteiger charge is 2.14. The SMILES string of the molecule is Cc1csc(Cn2c(CCl)nc3cc(F)c(Cl)cc32)n1. The molecule has 0 spiro atoms. The Kier molecular flexibility index (Phi) is 3.67. The number of aryl methyl sites for hydroxylation is 1. The van der Waals surface area contributed by atoms with E-state index in [2.05, 4.69) is 9.97 Å². The van der Waals surface area contributed by atoms with Gasteiger partial charge in [-0.05, 0) is 13.0 Å². The minimum absolute atomic E-state index is 0.0788. The summed E-state index contributed by atoms with van der Waals surface area (Å²) in [6.45, 7) is 2.50. The number of aromatic nitrogens is 3. The van der Waals surface area contributed by atoms with Gasteiger partial charge < -0.3 is 4.57 Å². The molecule has 0 atom stereocenters. The van der Waals surface area contributed by atoms with Gasteiger partial charge in [-0.1, -0.05) is 11.6 Å². The van der Waals surface area contributed by atoms with Crippen molar-refractivity contribution in [3.8, 4) is 0 Å². The van der Waals surface area contributed by atoms with E-state index < -0.39 is 5.82 Å². The van der Waals surface area contributed by atoms with E-state index in [1.54, 1.807) is 17.4 Å². The quantitative estimate of drug-likeness (QED) is 0.667. The molecule has 0 aliphatic carbocycles. The van der Waals surface area contributed by atoms with Gasteiger partial charge in [0.15, 0.2) is 0 Å². The minimum atomic E-state index is -0.477. The van der Waals surface area contributed by atoms with E-state index in [0.29, 0.717) is 17.9 Å². The van der Waals surface area contributed by atoms with E-state index in [0.717, 1.165) is 16.2 Å². The zero-order valence-corrected chi connectivity index (χ0v) is 12.9. The van der Waals surface area contributed by atoms with Crippen LogP contribution in [0.2, 0.25) is 5.02 Å². The number of hydrogen-bond donors (Lipinski definition) is 0. The summed E-state index contributed by atoms with van der Waals surface area (Å²) in [7, 11) is 0. The van der Waals surface area contributed by atoms with Gasteiger partial charge >= 0.3 is 0 Å². The first-order chi connectivity index (χ1) is 9.58. The summed E-state index contributed by atoms with van der Waals surface area (Å²) in [5.74, 6) is 0.448. The van der Waals surface area contributed by atoms with Crippen molar-refractivity contribution in [1.82, 2.24) is 14.5 Å². The molecule has 104 valence electrons. The van der Waals surface area contributed by atoms with Crippen LogP contribution in [0, 0.1) is 12.7 Å². The van der Waals surface area contributed by atoms with E-state index in [-0.39, 0.29) is 10.9 Å². The Labute approximate surface area is 129 Å². The summed E-state index contributed by atoms with van der Waals surface area (Å²) in [6.07, 6.45) is 0. The molecular formula is C13H10Cl2FN3S. The molecule has 2 heterocycles. The third kappa shape index (κ3) is 2.41. The molecule has 0 aliphatic rings. The van der Waals surface area contributed by atoms with Crippen molar-refractivity contribution >= 4 is 45.6 Å². The molecule has 2 aromatic heterocycles. The van der Waals surface area contributed by atoms with Crippen LogP contribution in [0.5, 0.6) is 0 Å². The van der Waals surface area contributed by atoms with Crippen molar-refractivity contribution in [3.63, 3.8) is 0 Å². The molecule has 3 nitrogen and oxygen atoms in total. The predicted octanol–water partition coefficient (Wildman–Crippen LogP) is 4.38. The Hall–Kier alpha value is -1.17. The van der Waals surface area contributed by atoms with Gasteiger partial charge in [-0.2, -0.15) is 0 Å². The standard InChI is InChI=1S/C13H10Cl2FN3S/c1-7-6-20-13(17-7)5-19-11-2-8(15)9(16)3-10(11)18-12(19)4-14/h2-3,6H,4-5H2,1H3. The molecule has 3 aromatic rings. The molecule has 0 radical (unpaired) electrons. The summed E-state index contributed by atoms with van der Waals surface area (Å²) >= 11 is 13.4. The Morgan fingerprint density at radius 3 is 2.80 bits per heavy atom. The summed E-state index contributed by atoms with van der Waals surface area (Å²) in [6, 6.07) is 2.91. The molecule has 0 amide bonds. The maximum atomic E-state index is 13.5. The molecule has 0 unspecified atom stereocenters. The van der Waals surface area contributed by atoms with Crippen LogP contribution in [-0.4, -0.2) is 14.5 Å². The summed E-state index contributed by atoms with van der Waals surface area (Å²) in [5, 5.41) is 3.02. The molecule has 0 saturated carbocycles.